The molecule has 0 heteroatoms. The zero-order valence-corrected chi connectivity index (χ0v) is 21.9. The summed E-state index contributed by atoms with van der Waals surface area (Å²) in [5.74, 6) is 0. The van der Waals surface area contributed by atoms with Gasteiger partial charge in [-0.25, -0.2) is 0 Å². The number of benzene rings is 3. The Morgan fingerprint density at radius 3 is 1.94 bits per heavy atom. The van der Waals surface area contributed by atoms with Crippen LogP contribution < -0.4 is 0 Å². The molecule has 0 spiro atoms. The molecule has 4 rings (SSSR count). The highest BCUT2D eigenvalue weighted by molar-refractivity contribution is 5.83. The second-order valence-corrected chi connectivity index (χ2v) is 10.2. The van der Waals surface area contributed by atoms with Crippen LogP contribution >= 0.6 is 0 Å². The minimum absolute atomic E-state index is 0.149. The molecule has 182 valence electrons. The first-order chi connectivity index (χ1) is 17.2. The molecule has 0 aromatic heterocycles. The molecular formula is C35H42. The van der Waals surface area contributed by atoms with E-state index in [0.717, 1.165) is 0 Å². The molecule has 35 heavy (non-hydrogen) atoms. The third-order valence-corrected chi connectivity index (χ3v) is 7.88. The third kappa shape index (κ3) is 5.53. The minimum atomic E-state index is 0.149. The van der Waals surface area contributed by atoms with E-state index in [1.54, 1.807) is 11.1 Å². The fourth-order valence-corrected chi connectivity index (χ4v) is 5.98. The van der Waals surface area contributed by atoms with Crippen molar-refractivity contribution in [3.8, 4) is 11.1 Å². The highest BCUT2D eigenvalue weighted by Gasteiger charge is 2.41. The summed E-state index contributed by atoms with van der Waals surface area (Å²) >= 11 is 0. The van der Waals surface area contributed by atoms with Crippen molar-refractivity contribution in [2.75, 3.05) is 0 Å². The molecule has 3 aromatic rings. The maximum atomic E-state index is 3.99. The molecule has 1 aliphatic carbocycles. The van der Waals surface area contributed by atoms with Gasteiger partial charge in [0.15, 0.2) is 0 Å². The van der Waals surface area contributed by atoms with Crippen LogP contribution in [0, 0.1) is 0 Å². The van der Waals surface area contributed by atoms with Gasteiger partial charge in [0.05, 0.1) is 0 Å². The summed E-state index contributed by atoms with van der Waals surface area (Å²) in [7, 11) is 0. The molecule has 1 aliphatic rings. The normalized spacial score (nSPS) is 13.7. The van der Waals surface area contributed by atoms with Crippen LogP contribution in [0.3, 0.4) is 0 Å². The van der Waals surface area contributed by atoms with Gasteiger partial charge >= 0.3 is 0 Å². The molecule has 0 nitrogen and oxygen atoms in total. The van der Waals surface area contributed by atoms with Gasteiger partial charge in [-0.2, -0.15) is 0 Å². The molecule has 0 saturated carbocycles. The first-order valence-electron chi connectivity index (χ1n) is 13.9. The third-order valence-electron chi connectivity index (χ3n) is 7.88. The Labute approximate surface area is 213 Å². The monoisotopic (exact) mass is 462 g/mol. The zero-order chi connectivity index (χ0) is 24.5. The molecule has 0 saturated heterocycles. The fraction of sp³-hybridized carbons (Fsp3) is 0.371. The molecular weight excluding hydrogens is 420 g/mol. The predicted molar refractivity (Wildman–Crippen MR) is 156 cm³/mol. The Morgan fingerprint density at radius 1 is 0.629 bits per heavy atom. The van der Waals surface area contributed by atoms with E-state index in [1.807, 2.05) is 6.08 Å². The van der Waals surface area contributed by atoms with Gasteiger partial charge in [0.2, 0.25) is 0 Å². The lowest BCUT2D eigenvalue weighted by atomic mass is 9.70. The number of hydrogen-bond donors (Lipinski definition) is 0. The van der Waals surface area contributed by atoms with Crippen molar-refractivity contribution in [2.45, 2.75) is 83.5 Å². The summed E-state index contributed by atoms with van der Waals surface area (Å²) in [5.41, 5.74) is 9.89. The standard InChI is InChI=1S/C35H42/c1-4-7-9-15-25-35(26-16-10-8-5-2)33-20-14-13-19-31(33)32-24-22-28(27-34(32)35)21-23-30-18-12-11-17-29(30)6-3/h6,11-14,17-24,27H,3-5,7-10,15-16,25-26H2,1-2H3/b23-21+. The van der Waals surface area contributed by atoms with E-state index in [0.29, 0.717) is 0 Å². The molecule has 3 aromatic carbocycles. The second-order valence-electron chi connectivity index (χ2n) is 10.2. The average molecular weight is 463 g/mol. The van der Waals surface area contributed by atoms with E-state index < -0.39 is 0 Å². The van der Waals surface area contributed by atoms with Crippen LogP contribution in [0.25, 0.3) is 29.4 Å². The SMILES string of the molecule is C=Cc1ccccc1/C=C/c1ccc2c(c1)C(CCCCCC)(CCCCCC)c1ccccc1-2. The van der Waals surface area contributed by atoms with Crippen LogP contribution in [-0.2, 0) is 5.41 Å². The van der Waals surface area contributed by atoms with Crippen molar-refractivity contribution in [3.63, 3.8) is 0 Å². The van der Waals surface area contributed by atoms with Crippen molar-refractivity contribution in [1.82, 2.24) is 0 Å². The van der Waals surface area contributed by atoms with E-state index in [1.165, 1.54) is 92.0 Å². The first kappa shape index (κ1) is 25.2. The lowest BCUT2D eigenvalue weighted by Gasteiger charge is -2.33. The van der Waals surface area contributed by atoms with Crippen LogP contribution in [-0.4, -0.2) is 0 Å². The van der Waals surface area contributed by atoms with Crippen molar-refractivity contribution >= 4 is 18.2 Å². The van der Waals surface area contributed by atoms with Gasteiger partial charge in [0, 0.05) is 5.41 Å². The predicted octanol–water partition coefficient (Wildman–Crippen LogP) is 10.7. The number of hydrogen-bond acceptors (Lipinski definition) is 0. The zero-order valence-electron chi connectivity index (χ0n) is 21.9. The maximum absolute atomic E-state index is 3.99. The van der Waals surface area contributed by atoms with Gasteiger partial charge in [-0.15, -0.1) is 0 Å². The molecule has 0 radical (unpaired) electrons. The average Bonchev–Trinajstić information content (AvgIpc) is 3.17. The van der Waals surface area contributed by atoms with Gasteiger partial charge in [0.25, 0.3) is 0 Å². The number of unbranched alkanes of at least 4 members (excludes halogenated alkanes) is 6. The maximum Gasteiger partial charge on any atom is 0.0215 e. The van der Waals surface area contributed by atoms with Gasteiger partial charge in [-0.05, 0) is 51.8 Å². The number of rotatable bonds is 13. The van der Waals surface area contributed by atoms with E-state index in [4.69, 9.17) is 0 Å². The van der Waals surface area contributed by atoms with Crippen molar-refractivity contribution in [2.24, 2.45) is 0 Å². The summed E-state index contributed by atoms with van der Waals surface area (Å²) < 4.78 is 0. The highest BCUT2D eigenvalue weighted by Crippen LogP contribution is 2.54. The molecule has 0 aliphatic heterocycles. The summed E-state index contributed by atoms with van der Waals surface area (Å²) in [4.78, 5) is 0. The molecule has 0 unspecified atom stereocenters. The van der Waals surface area contributed by atoms with Gasteiger partial charge in [0.1, 0.15) is 0 Å². The summed E-state index contributed by atoms with van der Waals surface area (Å²) in [6.07, 6.45) is 19.5. The fourth-order valence-electron chi connectivity index (χ4n) is 5.98. The molecule has 0 bridgehead atoms. The van der Waals surface area contributed by atoms with E-state index in [-0.39, 0.29) is 5.41 Å². The lowest BCUT2D eigenvalue weighted by molar-refractivity contribution is 0.401. The second kappa shape index (κ2) is 12.2. The van der Waals surface area contributed by atoms with E-state index >= 15 is 0 Å². The van der Waals surface area contributed by atoms with Crippen LogP contribution in [0.15, 0.2) is 73.3 Å². The van der Waals surface area contributed by atoms with Crippen molar-refractivity contribution in [3.05, 3.63) is 101 Å². The van der Waals surface area contributed by atoms with Crippen LogP contribution in [0.5, 0.6) is 0 Å². The quantitative estimate of drug-likeness (QED) is 0.175. The molecule has 0 heterocycles. The Hall–Kier alpha value is -2.86. The van der Waals surface area contributed by atoms with Gasteiger partial charge in [-0.1, -0.05) is 157 Å². The van der Waals surface area contributed by atoms with E-state index in [2.05, 4.69) is 99.3 Å². The summed E-state index contributed by atoms with van der Waals surface area (Å²) in [6.45, 7) is 8.60. The van der Waals surface area contributed by atoms with Gasteiger partial charge in [-0.3, -0.25) is 0 Å². The minimum Gasteiger partial charge on any atom is -0.0984 e. The molecule has 0 amide bonds. The molecule has 0 N–H and O–H groups in total. The lowest BCUT2D eigenvalue weighted by Crippen LogP contribution is -2.25. The topological polar surface area (TPSA) is 0 Å². The Bertz CT molecular complexity index is 1130. The Morgan fingerprint density at radius 2 is 1.26 bits per heavy atom. The van der Waals surface area contributed by atoms with Crippen LogP contribution in [0.2, 0.25) is 0 Å². The highest BCUT2D eigenvalue weighted by atomic mass is 14.4. The number of fused-ring (bicyclic) bond motifs is 3. The first-order valence-corrected chi connectivity index (χ1v) is 13.9. The molecule has 0 fully saturated rings. The van der Waals surface area contributed by atoms with Gasteiger partial charge < -0.3 is 0 Å². The summed E-state index contributed by atoms with van der Waals surface area (Å²) in [6, 6.07) is 24.9. The molecule has 0 atom stereocenters. The van der Waals surface area contributed by atoms with Crippen LogP contribution in [0.1, 0.15) is 106 Å². The largest absolute Gasteiger partial charge is 0.0984 e. The Balaban J connectivity index is 1.73. The summed E-state index contributed by atoms with van der Waals surface area (Å²) in [5, 5.41) is 0. The van der Waals surface area contributed by atoms with E-state index in [9.17, 15) is 0 Å². The Kier molecular flexibility index (Phi) is 8.80. The van der Waals surface area contributed by atoms with Crippen molar-refractivity contribution in [1.29, 1.82) is 0 Å². The smallest absolute Gasteiger partial charge is 0.0215 e. The van der Waals surface area contributed by atoms with Crippen LogP contribution in [0.4, 0.5) is 0 Å². The van der Waals surface area contributed by atoms with Crippen molar-refractivity contribution < 1.29 is 0 Å².